The van der Waals surface area contributed by atoms with Gasteiger partial charge in [-0.3, -0.25) is 9.36 Å². The first-order valence-corrected chi connectivity index (χ1v) is 28.7. The number of nitrogens with one attached hydrogen (secondary N) is 2. The van der Waals surface area contributed by atoms with Crippen LogP contribution in [0.3, 0.4) is 0 Å². The van der Waals surface area contributed by atoms with Gasteiger partial charge in [0.05, 0.1) is 67.4 Å². The van der Waals surface area contributed by atoms with Crippen LogP contribution < -0.4 is 9.47 Å². The first kappa shape index (κ1) is 55.9. The molecule has 80 heavy (non-hydrogen) atoms. The summed E-state index contributed by atoms with van der Waals surface area (Å²) < 4.78 is 32.8. The van der Waals surface area contributed by atoms with Gasteiger partial charge in [-0.15, -0.1) is 23.2 Å². The Morgan fingerprint density at radius 2 is 1.07 bits per heavy atom. The number of alkyl halides is 2. The van der Waals surface area contributed by atoms with Crippen molar-refractivity contribution in [2.45, 2.75) is 121 Å². The van der Waals surface area contributed by atoms with Gasteiger partial charge in [0, 0.05) is 120 Å². The highest BCUT2D eigenvalue weighted by atomic mass is 35.5. The highest BCUT2D eigenvalue weighted by Crippen LogP contribution is 2.37. The highest BCUT2D eigenvalue weighted by Gasteiger charge is 2.29. The summed E-state index contributed by atoms with van der Waals surface area (Å²) in [6.07, 6.45) is 26.8. The molecule has 4 fully saturated rings. The Bertz CT molecular complexity index is 3470. The fraction of sp³-hybridized carbons (Fsp3) is 0.426. The van der Waals surface area contributed by atoms with E-state index in [9.17, 15) is 15.3 Å². The number of halogens is 2. The number of aromatic amines is 2. The van der Waals surface area contributed by atoms with Crippen LogP contribution in [0.1, 0.15) is 115 Å². The molecule has 19 heteroatoms. The van der Waals surface area contributed by atoms with Crippen molar-refractivity contribution in [3.05, 3.63) is 109 Å². The number of benzene rings is 2. The van der Waals surface area contributed by atoms with Crippen LogP contribution in [0.15, 0.2) is 98.1 Å². The van der Waals surface area contributed by atoms with Crippen LogP contribution in [0, 0.1) is 22.7 Å². The molecule has 1 amide bonds. The molecule has 3 aliphatic heterocycles. The molecular weight excluding hydrogens is 1050 g/mol. The van der Waals surface area contributed by atoms with Gasteiger partial charge in [0.25, 0.3) is 0 Å². The number of nitriles is 2. The second kappa shape index (κ2) is 25.8. The molecule has 0 unspecified atom stereocenters. The Kier molecular flexibility index (Phi) is 18.0. The molecule has 2 N–H and O–H groups in total. The molecule has 9 heterocycles. The van der Waals surface area contributed by atoms with Gasteiger partial charge in [0.2, 0.25) is 0 Å². The molecule has 12 rings (SSSR count). The van der Waals surface area contributed by atoms with Crippen molar-refractivity contribution in [2.75, 3.05) is 44.9 Å². The number of pyridine rings is 2. The molecule has 2 aromatic carbocycles. The van der Waals surface area contributed by atoms with Crippen molar-refractivity contribution in [3.63, 3.8) is 0 Å². The third-order valence-corrected chi connectivity index (χ3v) is 15.1. The number of aromatic nitrogens is 8. The maximum absolute atomic E-state index is 12.4. The molecule has 0 atom stereocenters. The van der Waals surface area contributed by atoms with Crippen LogP contribution in [0.25, 0.3) is 66.6 Å². The number of nitrogens with zero attached hydrogens (tertiary/aromatic N) is 9. The lowest BCUT2D eigenvalue weighted by molar-refractivity contribution is 0.0184. The normalized spacial score (nSPS) is 16.7. The van der Waals surface area contributed by atoms with Gasteiger partial charge in [-0.05, 0) is 94.0 Å². The van der Waals surface area contributed by atoms with E-state index in [2.05, 4.69) is 71.5 Å². The minimum absolute atomic E-state index is 0.0648. The summed E-state index contributed by atoms with van der Waals surface area (Å²) in [7, 11) is 0. The van der Waals surface area contributed by atoms with E-state index in [0.29, 0.717) is 68.2 Å². The zero-order valence-corrected chi connectivity index (χ0v) is 47.0. The number of ether oxygens (including phenoxy) is 5. The summed E-state index contributed by atoms with van der Waals surface area (Å²) >= 11 is 9.53. The van der Waals surface area contributed by atoms with Gasteiger partial charge in [0.15, 0.2) is 0 Å². The number of hydrogen-bond acceptors (Lipinski definition) is 12. The fourth-order valence-electron chi connectivity index (χ4n) is 10.9. The Labute approximate surface area is 476 Å². The maximum atomic E-state index is 12.4. The standard InChI is InChI=1S/C32H36N6O4.C28H29N5O2.CH2Cl2/c1-32(2,3)42-31(39)37-10-6-25(7-11-37)38-20-24(18-36-38)23-15-27-28(19-35-30(27)34-17-23)21-4-5-29(22(14-21)16-33)41-26-8-12-40-13-9-26;29-14-20-12-19(6-7-27(20)35-24-8-10-34-11-9-24)26-17-31-28-25(26)13-21(15-30-28)22-16-32-33(18-22)23-4-2-1-3-5-23;2-1-3/h4-5,14-15,17-20,25-26H,6-13H2,1-3H3,(H,34,35);6-7,12-13,15-18,23-24H,1-5,8-11H2,(H,30,31);1H2. The van der Waals surface area contributed by atoms with Crippen molar-refractivity contribution >= 4 is 51.4 Å². The molecule has 17 nitrogen and oxygen atoms in total. The van der Waals surface area contributed by atoms with E-state index in [1.54, 1.807) is 4.90 Å². The van der Waals surface area contributed by atoms with Crippen LogP contribution in [0.4, 0.5) is 4.79 Å². The van der Waals surface area contributed by atoms with E-state index in [1.165, 1.54) is 32.1 Å². The first-order chi connectivity index (χ1) is 39.0. The lowest BCUT2D eigenvalue weighted by atomic mass is 9.96. The minimum Gasteiger partial charge on any atom is -0.489 e. The number of carbonyl (C=O) groups is 1. The summed E-state index contributed by atoms with van der Waals surface area (Å²) in [5.41, 5.74) is 10.1. The minimum atomic E-state index is -0.500. The predicted octanol–water partition coefficient (Wildman–Crippen LogP) is 13.5. The highest BCUT2D eigenvalue weighted by molar-refractivity contribution is 6.40. The van der Waals surface area contributed by atoms with Crippen LogP contribution in [-0.4, -0.2) is 113 Å². The number of amides is 1. The van der Waals surface area contributed by atoms with E-state index in [0.717, 1.165) is 105 Å². The largest absolute Gasteiger partial charge is 0.489 e. The number of H-pyrrole nitrogens is 2. The van der Waals surface area contributed by atoms with Gasteiger partial charge in [-0.2, -0.15) is 20.7 Å². The van der Waals surface area contributed by atoms with Crippen LogP contribution in [-0.2, 0) is 14.2 Å². The van der Waals surface area contributed by atoms with E-state index in [4.69, 9.17) is 46.9 Å². The number of carbonyl (C=O) groups excluding carboxylic acids is 1. The lowest BCUT2D eigenvalue weighted by Gasteiger charge is -2.33. The molecular formula is C61H67Cl2N11O6. The number of fused-ring (bicyclic) bond motifs is 2. The topological polar surface area (TPSA) is 207 Å². The van der Waals surface area contributed by atoms with Gasteiger partial charge in [-0.1, -0.05) is 31.4 Å². The van der Waals surface area contributed by atoms with Crippen molar-refractivity contribution in [1.82, 2.24) is 44.4 Å². The summed E-state index contributed by atoms with van der Waals surface area (Å²) in [4.78, 5) is 30.1. The van der Waals surface area contributed by atoms with E-state index < -0.39 is 5.60 Å². The zero-order valence-electron chi connectivity index (χ0n) is 45.5. The quantitative estimate of drug-likeness (QED) is 0.123. The number of hydrogen-bond donors (Lipinski definition) is 2. The van der Waals surface area contributed by atoms with Crippen molar-refractivity contribution < 1.29 is 28.5 Å². The molecule has 0 bridgehead atoms. The molecule has 3 saturated heterocycles. The Hall–Kier alpha value is -7.41. The first-order valence-electron chi connectivity index (χ1n) is 27.7. The average molecular weight is 1120 g/mol. The number of piperidine rings is 1. The third kappa shape index (κ3) is 13.4. The summed E-state index contributed by atoms with van der Waals surface area (Å²) in [6.45, 7) is 9.70. The molecule has 4 aliphatic rings. The SMILES string of the molecule is CC(C)(C)OC(=O)N1CCC(n2cc(-c3cnc4[nH]cc(-c5ccc(OC6CCOCC6)c(C#N)c5)c4c3)cn2)CC1.ClCCl.N#Cc1cc(-c2c[nH]c3ncc(-c4cnn(C5CCCCC5)c4)cc23)ccc1OC1CCOCC1. The molecule has 416 valence electrons. The Morgan fingerprint density at radius 3 is 1.51 bits per heavy atom. The average Bonchev–Trinajstić information content (AvgIpc) is 4.53. The zero-order chi connectivity index (χ0) is 55.6. The fourth-order valence-corrected chi connectivity index (χ4v) is 10.9. The number of rotatable bonds is 10. The van der Waals surface area contributed by atoms with E-state index in [-0.39, 0.29) is 29.7 Å². The van der Waals surface area contributed by atoms with Crippen molar-refractivity contribution in [1.29, 1.82) is 10.5 Å². The van der Waals surface area contributed by atoms with E-state index in [1.807, 2.05) is 99.0 Å². The second-order valence-electron chi connectivity index (χ2n) is 21.7. The van der Waals surface area contributed by atoms with E-state index >= 15 is 0 Å². The molecule has 0 radical (unpaired) electrons. The van der Waals surface area contributed by atoms with Crippen molar-refractivity contribution in [3.8, 4) is 68.1 Å². The molecule has 8 aromatic rings. The number of likely N-dealkylation sites (tertiary alicyclic amines) is 1. The van der Waals surface area contributed by atoms with Gasteiger partial charge in [-0.25, -0.2) is 14.8 Å². The summed E-state index contributed by atoms with van der Waals surface area (Å²) in [5.74, 6) is 1.24. The Morgan fingerprint density at radius 1 is 0.625 bits per heavy atom. The van der Waals surface area contributed by atoms with Crippen LogP contribution in [0.5, 0.6) is 11.5 Å². The van der Waals surface area contributed by atoms with Crippen LogP contribution in [0.2, 0.25) is 0 Å². The smallest absolute Gasteiger partial charge is 0.410 e. The van der Waals surface area contributed by atoms with Gasteiger partial charge < -0.3 is 38.6 Å². The summed E-state index contributed by atoms with van der Waals surface area (Å²) in [6, 6.07) is 21.2. The van der Waals surface area contributed by atoms with Gasteiger partial charge in [0.1, 0.15) is 52.7 Å². The lowest BCUT2D eigenvalue weighted by Crippen LogP contribution is -2.42. The monoisotopic (exact) mass is 1120 g/mol. The van der Waals surface area contributed by atoms with Crippen molar-refractivity contribution in [2.24, 2.45) is 0 Å². The molecule has 1 aliphatic carbocycles. The molecule has 6 aromatic heterocycles. The molecule has 0 spiro atoms. The molecule has 1 saturated carbocycles. The Balaban J connectivity index is 0.000000174. The van der Waals surface area contributed by atoms with Gasteiger partial charge >= 0.3 is 6.09 Å². The second-order valence-corrected chi connectivity index (χ2v) is 22.5. The predicted molar refractivity (Wildman–Crippen MR) is 309 cm³/mol. The third-order valence-electron chi connectivity index (χ3n) is 15.1. The summed E-state index contributed by atoms with van der Waals surface area (Å²) in [5, 5.41) is 31.2. The maximum Gasteiger partial charge on any atom is 0.410 e. The van der Waals surface area contributed by atoms with Crippen LogP contribution >= 0.6 is 23.2 Å².